The van der Waals surface area contributed by atoms with Gasteiger partial charge in [0, 0.05) is 25.6 Å². The molecular formula is C14H28N2O. The Bertz CT molecular complexity index is 265. The molecule has 0 aliphatic heterocycles. The van der Waals surface area contributed by atoms with E-state index >= 15 is 0 Å². The Kier molecular flexibility index (Phi) is 4.99. The SMILES string of the molecule is CC(C)CN(C)C(=O)C1CC(N)C(C)CC1C. The van der Waals surface area contributed by atoms with Crippen molar-refractivity contribution in [1.29, 1.82) is 0 Å². The molecule has 0 aromatic rings. The van der Waals surface area contributed by atoms with Crippen molar-refractivity contribution in [2.45, 2.75) is 46.6 Å². The topological polar surface area (TPSA) is 46.3 Å². The summed E-state index contributed by atoms with van der Waals surface area (Å²) in [5, 5.41) is 0. The van der Waals surface area contributed by atoms with Crippen LogP contribution in [0.4, 0.5) is 0 Å². The molecule has 1 saturated carbocycles. The van der Waals surface area contributed by atoms with E-state index in [1.807, 2.05) is 11.9 Å². The van der Waals surface area contributed by atoms with Gasteiger partial charge in [-0.3, -0.25) is 4.79 Å². The Balaban J connectivity index is 2.62. The lowest BCUT2D eigenvalue weighted by Crippen LogP contribution is -2.46. The van der Waals surface area contributed by atoms with Gasteiger partial charge in [0.2, 0.25) is 5.91 Å². The first-order valence-electron chi connectivity index (χ1n) is 6.83. The van der Waals surface area contributed by atoms with Crippen molar-refractivity contribution in [3.05, 3.63) is 0 Å². The van der Waals surface area contributed by atoms with E-state index in [9.17, 15) is 4.79 Å². The third-order valence-corrected chi connectivity index (χ3v) is 4.02. The Morgan fingerprint density at radius 3 is 2.41 bits per heavy atom. The van der Waals surface area contributed by atoms with E-state index in [1.54, 1.807) is 0 Å². The van der Waals surface area contributed by atoms with E-state index in [-0.39, 0.29) is 17.9 Å². The highest BCUT2D eigenvalue weighted by molar-refractivity contribution is 5.79. The molecule has 1 aliphatic rings. The van der Waals surface area contributed by atoms with Gasteiger partial charge in [-0.1, -0.05) is 27.7 Å². The standard InChI is InChI=1S/C14H28N2O/c1-9(2)8-16(5)14(17)12-7-13(15)11(4)6-10(12)3/h9-13H,6-8,15H2,1-5H3. The molecule has 1 rings (SSSR count). The van der Waals surface area contributed by atoms with Crippen LogP contribution in [-0.2, 0) is 4.79 Å². The molecule has 100 valence electrons. The van der Waals surface area contributed by atoms with E-state index < -0.39 is 0 Å². The molecule has 17 heavy (non-hydrogen) atoms. The van der Waals surface area contributed by atoms with Crippen LogP contribution in [0.3, 0.4) is 0 Å². The van der Waals surface area contributed by atoms with Gasteiger partial charge in [0.1, 0.15) is 0 Å². The summed E-state index contributed by atoms with van der Waals surface area (Å²) in [4.78, 5) is 14.3. The van der Waals surface area contributed by atoms with E-state index in [4.69, 9.17) is 5.73 Å². The van der Waals surface area contributed by atoms with Crippen LogP contribution >= 0.6 is 0 Å². The number of nitrogens with zero attached hydrogens (tertiary/aromatic N) is 1. The van der Waals surface area contributed by atoms with E-state index in [1.165, 1.54) is 0 Å². The molecule has 4 unspecified atom stereocenters. The predicted molar refractivity (Wildman–Crippen MR) is 71.5 cm³/mol. The summed E-state index contributed by atoms with van der Waals surface area (Å²) >= 11 is 0. The van der Waals surface area contributed by atoms with E-state index in [0.29, 0.717) is 17.8 Å². The fraction of sp³-hybridized carbons (Fsp3) is 0.929. The zero-order chi connectivity index (χ0) is 13.2. The van der Waals surface area contributed by atoms with Crippen molar-refractivity contribution >= 4 is 5.91 Å². The Hall–Kier alpha value is -0.570. The normalized spacial score (nSPS) is 33.8. The summed E-state index contributed by atoms with van der Waals surface area (Å²) in [6.45, 7) is 9.50. The van der Waals surface area contributed by atoms with Gasteiger partial charge in [-0.25, -0.2) is 0 Å². The van der Waals surface area contributed by atoms with Crippen LogP contribution in [0, 0.1) is 23.7 Å². The number of hydrogen-bond acceptors (Lipinski definition) is 2. The molecule has 0 bridgehead atoms. The Labute approximate surface area is 106 Å². The second-order valence-electron chi connectivity index (χ2n) is 6.31. The summed E-state index contributed by atoms with van der Waals surface area (Å²) in [7, 11) is 1.92. The number of rotatable bonds is 3. The molecule has 0 spiro atoms. The van der Waals surface area contributed by atoms with Crippen LogP contribution in [-0.4, -0.2) is 30.4 Å². The smallest absolute Gasteiger partial charge is 0.225 e. The monoisotopic (exact) mass is 240 g/mol. The average molecular weight is 240 g/mol. The number of amides is 1. The quantitative estimate of drug-likeness (QED) is 0.821. The highest BCUT2D eigenvalue weighted by Crippen LogP contribution is 2.33. The molecule has 0 saturated heterocycles. The second-order valence-corrected chi connectivity index (χ2v) is 6.31. The van der Waals surface area contributed by atoms with Gasteiger partial charge in [0.25, 0.3) is 0 Å². The fourth-order valence-corrected chi connectivity index (χ4v) is 2.95. The van der Waals surface area contributed by atoms with Crippen molar-refractivity contribution in [3.63, 3.8) is 0 Å². The molecular weight excluding hydrogens is 212 g/mol. The molecule has 4 atom stereocenters. The molecule has 1 aliphatic carbocycles. The van der Waals surface area contributed by atoms with E-state index in [0.717, 1.165) is 19.4 Å². The maximum absolute atomic E-state index is 12.4. The van der Waals surface area contributed by atoms with Crippen LogP contribution in [0.25, 0.3) is 0 Å². The average Bonchev–Trinajstić information content (AvgIpc) is 2.21. The minimum Gasteiger partial charge on any atom is -0.345 e. The van der Waals surface area contributed by atoms with Crippen molar-refractivity contribution in [2.75, 3.05) is 13.6 Å². The summed E-state index contributed by atoms with van der Waals surface area (Å²) in [5.74, 6) is 1.95. The number of hydrogen-bond donors (Lipinski definition) is 1. The van der Waals surface area contributed by atoms with Crippen LogP contribution in [0.2, 0.25) is 0 Å². The van der Waals surface area contributed by atoms with Gasteiger partial charge in [0.05, 0.1) is 0 Å². The minimum absolute atomic E-state index is 0.130. The van der Waals surface area contributed by atoms with Gasteiger partial charge in [-0.05, 0) is 30.6 Å². The van der Waals surface area contributed by atoms with Gasteiger partial charge < -0.3 is 10.6 Å². The Morgan fingerprint density at radius 2 is 1.88 bits per heavy atom. The first kappa shape index (κ1) is 14.5. The van der Waals surface area contributed by atoms with Gasteiger partial charge in [-0.2, -0.15) is 0 Å². The van der Waals surface area contributed by atoms with Crippen molar-refractivity contribution in [1.82, 2.24) is 4.90 Å². The maximum atomic E-state index is 12.4. The lowest BCUT2D eigenvalue weighted by Gasteiger charge is -2.38. The van der Waals surface area contributed by atoms with Crippen LogP contribution in [0.1, 0.15) is 40.5 Å². The zero-order valence-corrected chi connectivity index (χ0v) is 11.9. The van der Waals surface area contributed by atoms with Crippen molar-refractivity contribution in [3.8, 4) is 0 Å². The first-order valence-corrected chi connectivity index (χ1v) is 6.83. The van der Waals surface area contributed by atoms with Crippen LogP contribution in [0.5, 0.6) is 0 Å². The minimum atomic E-state index is 0.130. The maximum Gasteiger partial charge on any atom is 0.225 e. The molecule has 0 heterocycles. The first-order chi connectivity index (χ1) is 7.82. The highest BCUT2D eigenvalue weighted by atomic mass is 16.2. The van der Waals surface area contributed by atoms with Crippen LogP contribution < -0.4 is 5.73 Å². The lowest BCUT2D eigenvalue weighted by molar-refractivity contribution is -0.138. The molecule has 0 aromatic carbocycles. The van der Waals surface area contributed by atoms with Crippen LogP contribution in [0.15, 0.2) is 0 Å². The van der Waals surface area contributed by atoms with Crippen molar-refractivity contribution < 1.29 is 4.79 Å². The summed E-state index contributed by atoms with van der Waals surface area (Å²) in [6.07, 6.45) is 1.93. The second kappa shape index (κ2) is 5.85. The molecule has 3 nitrogen and oxygen atoms in total. The fourth-order valence-electron chi connectivity index (χ4n) is 2.95. The molecule has 0 radical (unpaired) electrons. The molecule has 0 aromatic heterocycles. The molecule has 1 amide bonds. The van der Waals surface area contributed by atoms with Gasteiger partial charge in [-0.15, -0.1) is 0 Å². The Morgan fingerprint density at radius 1 is 1.29 bits per heavy atom. The summed E-state index contributed by atoms with van der Waals surface area (Å²) < 4.78 is 0. The van der Waals surface area contributed by atoms with Gasteiger partial charge >= 0.3 is 0 Å². The summed E-state index contributed by atoms with van der Waals surface area (Å²) in [6, 6.07) is 0.188. The lowest BCUT2D eigenvalue weighted by atomic mass is 9.72. The molecule has 3 heteroatoms. The largest absolute Gasteiger partial charge is 0.345 e. The van der Waals surface area contributed by atoms with E-state index in [2.05, 4.69) is 27.7 Å². The third-order valence-electron chi connectivity index (χ3n) is 4.02. The number of carbonyl (C=O) groups is 1. The number of carbonyl (C=O) groups excluding carboxylic acids is 1. The molecule has 2 N–H and O–H groups in total. The zero-order valence-electron chi connectivity index (χ0n) is 11.9. The highest BCUT2D eigenvalue weighted by Gasteiger charge is 2.36. The summed E-state index contributed by atoms with van der Waals surface area (Å²) in [5.41, 5.74) is 6.10. The van der Waals surface area contributed by atoms with Crippen molar-refractivity contribution in [2.24, 2.45) is 29.4 Å². The third kappa shape index (κ3) is 3.70. The van der Waals surface area contributed by atoms with Gasteiger partial charge in [0.15, 0.2) is 0 Å². The molecule has 1 fully saturated rings. The number of nitrogens with two attached hydrogens (primary N) is 1. The predicted octanol–water partition coefficient (Wildman–Crippen LogP) is 2.11.